The summed E-state index contributed by atoms with van der Waals surface area (Å²) in [5.74, 6) is 0.266. The van der Waals surface area contributed by atoms with Gasteiger partial charge in [-0.05, 0) is 37.3 Å². The summed E-state index contributed by atoms with van der Waals surface area (Å²) in [4.78, 5) is 11.3. The third-order valence-corrected chi connectivity index (χ3v) is 3.29. The lowest BCUT2D eigenvalue weighted by Crippen LogP contribution is -2.06. The normalized spacial score (nSPS) is 12.0. The number of benzene rings is 1. The Morgan fingerprint density at radius 1 is 1.30 bits per heavy atom. The fourth-order valence-electron chi connectivity index (χ4n) is 1.71. The van der Waals surface area contributed by atoms with Crippen LogP contribution < -0.4 is 5.32 Å². The van der Waals surface area contributed by atoms with E-state index in [1.807, 2.05) is 6.92 Å². The number of furan rings is 1. The van der Waals surface area contributed by atoms with Crippen LogP contribution in [0.5, 0.6) is 0 Å². The molecule has 0 fully saturated rings. The molecule has 0 saturated heterocycles. The lowest BCUT2D eigenvalue weighted by Gasteiger charge is -2.14. The van der Waals surface area contributed by atoms with E-state index >= 15 is 0 Å². The van der Waals surface area contributed by atoms with Gasteiger partial charge in [0.25, 0.3) is 0 Å². The van der Waals surface area contributed by atoms with Crippen molar-refractivity contribution in [1.29, 1.82) is 0 Å². The average molecular weight is 314 g/mol. The number of methoxy groups -OCH3 is 1. The molecule has 106 valence electrons. The number of ether oxygens (including phenoxy) is 1. The van der Waals surface area contributed by atoms with Gasteiger partial charge in [-0.15, -0.1) is 0 Å². The monoisotopic (exact) mass is 313 g/mol. The standard InChI is InChI=1S/C14H13Cl2NO3/c1-8(12-5-6-13(20-12)14(18)19-2)17-11-4-3-9(15)7-10(11)16/h3-8,17H,1-2H3. The van der Waals surface area contributed by atoms with E-state index in [0.29, 0.717) is 15.8 Å². The molecule has 0 aliphatic rings. The van der Waals surface area contributed by atoms with Gasteiger partial charge in [0.15, 0.2) is 0 Å². The zero-order valence-corrected chi connectivity index (χ0v) is 12.5. The van der Waals surface area contributed by atoms with E-state index in [4.69, 9.17) is 27.6 Å². The number of esters is 1. The largest absolute Gasteiger partial charge is 0.463 e. The van der Waals surface area contributed by atoms with Gasteiger partial charge >= 0.3 is 5.97 Å². The first-order valence-corrected chi connectivity index (χ1v) is 6.66. The van der Waals surface area contributed by atoms with Gasteiger partial charge in [-0.3, -0.25) is 0 Å². The number of nitrogens with one attached hydrogen (secondary N) is 1. The smallest absolute Gasteiger partial charge is 0.373 e. The van der Waals surface area contributed by atoms with Crippen molar-refractivity contribution in [2.45, 2.75) is 13.0 Å². The van der Waals surface area contributed by atoms with Crippen molar-refractivity contribution in [2.75, 3.05) is 12.4 Å². The molecule has 1 unspecified atom stereocenters. The minimum absolute atomic E-state index is 0.160. The minimum Gasteiger partial charge on any atom is -0.463 e. The lowest BCUT2D eigenvalue weighted by molar-refractivity contribution is 0.0562. The SMILES string of the molecule is COC(=O)c1ccc(C(C)Nc2ccc(Cl)cc2Cl)o1. The van der Waals surface area contributed by atoms with E-state index in [2.05, 4.69) is 10.1 Å². The quantitative estimate of drug-likeness (QED) is 0.841. The maximum absolute atomic E-state index is 11.3. The van der Waals surface area contributed by atoms with Crippen molar-refractivity contribution in [3.8, 4) is 0 Å². The Labute approximate surface area is 126 Å². The Balaban J connectivity index is 2.13. The third kappa shape index (κ3) is 3.26. The molecule has 1 atom stereocenters. The molecule has 0 radical (unpaired) electrons. The molecule has 0 spiro atoms. The van der Waals surface area contributed by atoms with E-state index in [-0.39, 0.29) is 11.8 Å². The summed E-state index contributed by atoms with van der Waals surface area (Å²) in [6, 6.07) is 8.30. The summed E-state index contributed by atoms with van der Waals surface area (Å²) < 4.78 is 10.0. The molecule has 0 aliphatic carbocycles. The summed E-state index contributed by atoms with van der Waals surface area (Å²) in [7, 11) is 1.31. The number of hydrogen-bond donors (Lipinski definition) is 1. The number of hydrogen-bond acceptors (Lipinski definition) is 4. The second-order valence-electron chi connectivity index (χ2n) is 4.18. The summed E-state index contributed by atoms with van der Waals surface area (Å²) >= 11 is 11.9. The summed E-state index contributed by atoms with van der Waals surface area (Å²) in [5.41, 5.74) is 0.736. The van der Waals surface area contributed by atoms with Crippen molar-refractivity contribution in [3.63, 3.8) is 0 Å². The second-order valence-corrected chi connectivity index (χ2v) is 5.03. The van der Waals surface area contributed by atoms with Gasteiger partial charge in [-0.25, -0.2) is 4.79 Å². The van der Waals surface area contributed by atoms with Crippen molar-refractivity contribution in [3.05, 3.63) is 51.9 Å². The summed E-state index contributed by atoms with van der Waals surface area (Å²) in [6.45, 7) is 1.89. The number of carbonyl (C=O) groups is 1. The van der Waals surface area contributed by atoms with Gasteiger partial charge in [0.2, 0.25) is 5.76 Å². The van der Waals surface area contributed by atoms with E-state index in [1.165, 1.54) is 7.11 Å². The number of anilines is 1. The van der Waals surface area contributed by atoms with Crippen LogP contribution in [0.2, 0.25) is 10.0 Å². The van der Waals surface area contributed by atoms with Crippen LogP contribution in [0.25, 0.3) is 0 Å². The van der Waals surface area contributed by atoms with Crippen molar-refractivity contribution >= 4 is 34.9 Å². The summed E-state index contributed by atoms with van der Waals surface area (Å²) in [5, 5.41) is 4.27. The van der Waals surface area contributed by atoms with Gasteiger partial charge in [0, 0.05) is 5.02 Å². The van der Waals surface area contributed by atoms with Gasteiger partial charge in [0.05, 0.1) is 23.9 Å². The summed E-state index contributed by atoms with van der Waals surface area (Å²) in [6.07, 6.45) is 0. The molecular formula is C14H13Cl2NO3. The van der Waals surface area contributed by atoms with Crippen LogP contribution in [-0.2, 0) is 4.74 Å². The van der Waals surface area contributed by atoms with Gasteiger partial charge in [0.1, 0.15) is 5.76 Å². The molecule has 1 aromatic heterocycles. The molecule has 1 N–H and O–H groups in total. The van der Waals surface area contributed by atoms with Crippen molar-refractivity contribution in [2.24, 2.45) is 0 Å². The average Bonchev–Trinajstić information content (AvgIpc) is 2.90. The highest BCUT2D eigenvalue weighted by Gasteiger charge is 2.16. The Morgan fingerprint density at radius 3 is 2.70 bits per heavy atom. The zero-order valence-electron chi connectivity index (χ0n) is 10.9. The molecule has 2 rings (SSSR count). The first kappa shape index (κ1) is 14.8. The van der Waals surface area contributed by atoms with E-state index in [1.54, 1.807) is 30.3 Å². The van der Waals surface area contributed by atoms with E-state index < -0.39 is 5.97 Å². The Bertz CT molecular complexity index is 625. The molecule has 2 aromatic rings. The van der Waals surface area contributed by atoms with Crippen molar-refractivity contribution < 1.29 is 13.9 Å². The Morgan fingerprint density at radius 2 is 2.05 bits per heavy atom. The fourth-order valence-corrected chi connectivity index (χ4v) is 2.17. The molecule has 6 heteroatoms. The molecule has 0 saturated carbocycles. The van der Waals surface area contributed by atoms with E-state index in [0.717, 1.165) is 5.69 Å². The van der Waals surface area contributed by atoms with Crippen LogP contribution in [-0.4, -0.2) is 13.1 Å². The molecule has 0 aliphatic heterocycles. The van der Waals surface area contributed by atoms with Crippen LogP contribution in [0.1, 0.15) is 29.3 Å². The third-order valence-electron chi connectivity index (χ3n) is 2.74. The first-order chi connectivity index (χ1) is 9.51. The minimum atomic E-state index is -0.507. The van der Waals surface area contributed by atoms with Crippen molar-refractivity contribution in [1.82, 2.24) is 0 Å². The van der Waals surface area contributed by atoms with Gasteiger partial charge in [-0.1, -0.05) is 23.2 Å². The Kier molecular flexibility index (Phi) is 4.57. The van der Waals surface area contributed by atoms with Crippen LogP contribution in [0.4, 0.5) is 5.69 Å². The lowest BCUT2D eigenvalue weighted by atomic mass is 10.2. The van der Waals surface area contributed by atoms with Gasteiger partial charge in [-0.2, -0.15) is 0 Å². The molecular weight excluding hydrogens is 301 g/mol. The predicted octanol–water partition coefficient (Wildman–Crippen LogP) is 4.55. The number of carbonyl (C=O) groups excluding carboxylic acids is 1. The zero-order chi connectivity index (χ0) is 14.7. The highest BCUT2D eigenvalue weighted by molar-refractivity contribution is 6.36. The maximum Gasteiger partial charge on any atom is 0.373 e. The molecule has 20 heavy (non-hydrogen) atoms. The number of halogens is 2. The second kappa shape index (κ2) is 6.20. The van der Waals surface area contributed by atoms with Crippen LogP contribution >= 0.6 is 23.2 Å². The fraction of sp³-hybridized carbons (Fsp3) is 0.214. The molecule has 1 heterocycles. The van der Waals surface area contributed by atoms with Crippen LogP contribution in [0, 0.1) is 0 Å². The topological polar surface area (TPSA) is 51.5 Å². The van der Waals surface area contributed by atoms with Crippen LogP contribution in [0.15, 0.2) is 34.7 Å². The molecule has 1 aromatic carbocycles. The molecule has 0 bridgehead atoms. The predicted molar refractivity (Wildman–Crippen MR) is 78.5 cm³/mol. The highest BCUT2D eigenvalue weighted by atomic mass is 35.5. The molecule has 4 nitrogen and oxygen atoms in total. The first-order valence-electron chi connectivity index (χ1n) is 5.91. The van der Waals surface area contributed by atoms with Crippen LogP contribution in [0.3, 0.4) is 0 Å². The molecule has 0 amide bonds. The Hall–Kier alpha value is -1.65. The van der Waals surface area contributed by atoms with Gasteiger partial charge < -0.3 is 14.5 Å². The maximum atomic E-state index is 11.3. The highest BCUT2D eigenvalue weighted by Crippen LogP contribution is 2.29. The number of rotatable bonds is 4. The van der Waals surface area contributed by atoms with E-state index in [9.17, 15) is 4.79 Å².